The molecule has 92 valence electrons. The molecule has 0 fully saturated rings. The first-order valence-corrected chi connectivity index (χ1v) is 5.53. The first-order valence-electron chi connectivity index (χ1n) is 5.53. The third-order valence-electron chi connectivity index (χ3n) is 1.62. The van der Waals surface area contributed by atoms with Crippen molar-refractivity contribution in [3.05, 3.63) is 12.3 Å². The molecule has 0 radical (unpaired) electrons. The molecule has 0 N–H and O–H groups in total. The van der Waals surface area contributed by atoms with E-state index in [0.717, 1.165) is 0 Å². The number of hydroxylamine groups is 2. The average Bonchev–Trinajstić information content (AvgIpc) is 2.03. The minimum absolute atomic E-state index is 0.223. The molecule has 0 spiro atoms. The normalized spacial score (nSPS) is 21.6. The molecule has 0 saturated heterocycles. The first-order chi connectivity index (χ1) is 7.17. The van der Waals surface area contributed by atoms with E-state index in [1.54, 1.807) is 17.6 Å². The Labute approximate surface area is 97.9 Å². The molecule has 1 unspecified atom stereocenters. The van der Waals surface area contributed by atoms with E-state index < -0.39 is 0 Å². The van der Waals surface area contributed by atoms with Crippen LogP contribution >= 0.6 is 0 Å². The Morgan fingerprint density at radius 2 is 1.69 bits per heavy atom. The van der Waals surface area contributed by atoms with Gasteiger partial charge in [-0.3, -0.25) is 4.84 Å². The predicted octanol–water partition coefficient (Wildman–Crippen LogP) is 2.72. The molecule has 1 rings (SSSR count). The maximum atomic E-state index is 5.86. The molecule has 1 aliphatic rings. The molecule has 0 aromatic heterocycles. The van der Waals surface area contributed by atoms with Crippen LogP contribution in [0.3, 0.4) is 0 Å². The lowest BCUT2D eigenvalue weighted by atomic mass is 10.2. The van der Waals surface area contributed by atoms with Crippen LogP contribution in [0.2, 0.25) is 0 Å². The van der Waals surface area contributed by atoms with Crippen LogP contribution in [0.4, 0.5) is 0 Å². The minimum atomic E-state index is -0.267. The number of aliphatic imine (C=N–C) groups is 1. The van der Waals surface area contributed by atoms with Crippen LogP contribution in [-0.2, 0) is 9.57 Å². The Bertz CT molecular complexity index is 254. The third-order valence-corrected chi connectivity index (χ3v) is 1.62. The van der Waals surface area contributed by atoms with Gasteiger partial charge in [0.1, 0.15) is 6.34 Å². The molecule has 0 aromatic rings. The monoisotopic (exact) mass is 226 g/mol. The zero-order valence-corrected chi connectivity index (χ0v) is 11.0. The molecule has 1 atom stereocenters. The van der Waals surface area contributed by atoms with Gasteiger partial charge in [0.25, 0.3) is 0 Å². The predicted molar refractivity (Wildman–Crippen MR) is 64.9 cm³/mol. The van der Waals surface area contributed by atoms with E-state index >= 15 is 0 Å². The molecule has 0 aliphatic carbocycles. The molecule has 0 amide bonds. The van der Waals surface area contributed by atoms with E-state index in [-0.39, 0.29) is 17.4 Å². The summed E-state index contributed by atoms with van der Waals surface area (Å²) in [5.41, 5.74) is -0.490. The van der Waals surface area contributed by atoms with Crippen molar-refractivity contribution in [2.45, 2.75) is 59.0 Å². The maximum absolute atomic E-state index is 5.86. The molecule has 1 heterocycles. The van der Waals surface area contributed by atoms with Gasteiger partial charge >= 0.3 is 0 Å². The van der Waals surface area contributed by atoms with Crippen LogP contribution < -0.4 is 0 Å². The quantitative estimate of drug-likeness (QED) is 0.726. The van der Waals surface area contributed by atoms with Gasteiger partial charge in [-0.1, -0.05) is 0 Å². The van der Waals surface area contributed by atoms with Crippen molar-refractivity contribution in [3.63, 3.8) is 0 Å². The lowest BCUT2D eigenvalue weighted by Crippen LogP contribution is -2.44. The summed E-state index contributed by atoms with van der Waals surface area (Å²) in [6, 6.07) is 0. The Balaban J connectivity index is 2.67. The highest BCUT2D eigenvalue weighted by atomic mass is 16.7. The molecular formula is C12H22N2O2. The minimum Gasteiger partial charge on any atom is -0.347 e. The molecule has 0 saturated carbocycles. The molecule has 1 aliphatic heterocycles. The highest BCUT2D eigenvalue weighted by molar-refractivity contribution is 5.56. The van der Waals surface area contributed by atoms with Gasteiger partial charge in [0.05, 0.1) is 11.2 Å². The molecule has 0 aromatic carbocycles. The summed E-state index contributed by atoms with van der Waals surface area (Å²) >= 11 is 0. The Morgan fingerprint density at radius 3 is 2.19 bits per heavy atom. The fourth-order valence-electron chi connectivity index (χ4n) is 1.22. The van der Waals surface area contributed by atoms with Crippen molar-refractivity contribution in [2.24, 2.45) is 4.99 Å². The largest absolute Gasteiger partial charge is 0.347 e. The second-order valence-electron chi connectivity index (χ2n) is 5.79. The van der Waals surface area contributed by atoms with E-state index in [1.807, 2.05) is 47.6 Å². The highest BCUT2D eigenvalue weighted by Gasteiger charge is 2.26. The van der Waals surface area contributed by atoms with Crippen molar-refractivity contribution < 1.29 is 9.57 Å². The second kappa shape index (κ2) is 4.55. The van der Waals surface area contributed by atoms with Crippen LogP contribution in [0, 0.1) is 0 Å². The van der Waals surface area contributed by atoms with Crippen molar-refractivity contribution >= 4 is 6.34 Å². The Morgan fingerprint density at radius 1 is 1.06 bits per heavy atom. The summed E-state index contributed by atoms with van der Waals surface area (Å²) in [6.45, 7) is 12.0. The number of hydrogen-bond acceptors (Lipinski definition) is 4. The van der Waals surface area contributed by atoms with Gasteiger partial charge in [-0.25, -0.2) is 10.1 Å². The molecule has 0 bridgehead atoms. The van der Waals surface area contributed by atoms with Gasteiger partial charge in [-0.05, 0) is 47.6 Å². The topological polar surface area (TPSA) is 34.1 Å². The lowest BCUT2D eigenvalue weighted by molar-refractivity contribution is -0.257. The smallest absolute Gasteiger partial charge is 0.176 e. The number of rotatable bonds is 2. The summed E-state index contributed by atoms with van der Waals surface area (Å²) < 4.78 is 5.86. The number of nitrogens with zero attached hydrogens (tertiary/aromatic N) is 2. The summed E-state index contributed by atoms with van der Waals surface area (Å²) in [5.74, 6) is 0. The van der Waals surface area contributed by atoms with E-state index in [2.05, 4.69) is 4.99 Å². The van der Waals surface area contributed by atoms with Gasteiger partial charge in [0, 0.05) is 6.20 Å². The maximum Gasteiger partial charge on any atom is 0.176 e. The summed E-state index contributed by atoms with van der Waals surface area (Å²) in [5, 5.41) is 1.64. The molecule has 4 heteroatoms. The van der Waals surface area contributed by atoms with E-state index in [9.17, 15) is 0 Å². The van der Waals surface area contributed by atoms with Gasteiger partial charge in [-0.2, -0.15) is 0 Å². The third kappa shape index (κ3) is 4.77. The van der Waals surface area contributed by atoms with Crippen molar-refractivity contribution in [1.29, 1.82) is 0 Å². The highest BCUT2D eigenvalue weighted by Crippen LogP contribution is 2.19. The van der Waals surface area contributed by atoms with Crippen molar-refractivity contribution in [1.82, 2.24) is 5.06 Å². The Hall–Kier alpha value is -0.870. The number of hydrogen-bond donors (Lipinski definition) is 0. The fraction of sp³-hybridized carbons (Fsp3) is 0.750. The summed E-state index contributed by atoms with van der Waals surface area (Å²) in [4.78, 5) is 9.78. The van der Waals surface area contributed by atoms with Crippen molar-refractivity contribution in [2.75, 3.05) is 0 Å². The van der Waals surface area contributed by atoms with Crippen LogP contribution in [-0.4, -0.2) is 28.8 Å². The van der Waals surface area contributed by atoms with E-state index in [0.29, 0.717) is 0 Å². The van der Waals surface area contributed by atoms with Crippen LogP contribution in [0.25, 0.3) is 0 Å². The van der Waals surface area contributed by atoms with Crippen molar-refractivity contribution in [3.8, 4) is 0 Å². The zero-order valence-electron chi connectivity index (χ0n) is 11.0. The zero-order chi connectivity index (χ0) is 12.4. The standard InChI is InChI=1S/C12H22N2O2/c1-11(2,3)15-10-7-8-13-9-14(10)16-12(4,5)6/h7-10H,1-6H3. The number of ether oxygens (including phenoxy) is 1. The van der Waals surface area contributed by atoms with Crippen LogP contribution in [0.15, 0.2) is 17.3 Å². The molecule has 16 heavy (non-hydrogen) atoms. The SMILES string of the molecule is CC(C)(C)OC1C=CN=CN1OC(C)(C)C. The summed E-state index contributed by atoms with van der Waals surface area (Å²) in [6.07, 6.45) is 5.01. The van der Waals surface area contributed by atoms with E-state index in [4.69, 9.17) is 9.57 Å². The Kier molecular flexibility index (Phi) is 3.76. The van der Waals surface area contributed by atoms with Crippen LogP contribution in [0.1, 0.15) is 41.5 Å². The molecule has 4 nitrogen and oxygen atoms in total. The second-order valence-corrected chi connectivity index (χ2v) is 5.79. The summed E-state index contributed by atoms with van der Waals surface area (Å²) in [7, 11) is 0. The lowest BCUT2D eigenvalue weighted by Gasteiger charge is -2.36. The first kappa shape index (κ1) is 13.2. The fourth-order valence-corrected chi connectivity index (χ4v) is 1.22. The van der Waals surface area contributed by atoms with E-state index in [1.165, 1.54) is 0 Å². The molecular weight excluding hydrogens is 204 g/mol. The van der Waals surface area contributed by atoms with Gasteiger partial charge in [0.15, 0.2) is 6.23 Å². The van der Waals surface area contributed by atoms with Gasteiger partial charge < -0.3 is 4.74 Å². The average molecular weight is 226 g/mol. The van der Waals surface area contributed by atoms with Gasteiger partial charge in [0.2, 0.25) is 0 Å². The van der Waals surface area contributed by atoms with Gasteiger partial charge in [-0.15, -0.1) is 0 Å². The van der Waals surface area contributed by atoms with Crippen LogP contribution in [0.5, 0.6) is 0 Å².